The molecule has 3 aliphatic carbocycles. The van der Waals surface area contributed by atoms with Crippen LogP contribution >= 0.6 is 11.3 Å². The Morgan fingerprint density at radius 2 is 1.97 bits per heavy atom. The summed E-state index contributed by atoms with van der Waals surface area (Å²) in [6, 6.07) is 10.1. The van der Waals surface area contributed by atoms with Gasteiger partial charge in [-0.05, 0) is 48.8 Å². The lowest BCUT2D eigenvalue weighted by Gasteiger charge is -2.34. The molecule has 3 aromatic rings. The second kappa shape index (κ2) is 9.22. The van der Waals surface area contributed by atoms with E-state index in [0.717, 1.165) is 47.7 Å². The lowest BCUT2D eigenvalue weighted by Crippen LogP contribution is -2.46. The molecule has 180 valence electrons. The van der Waals surface area contributed by atoms with E-state index in [-0.39, 0.29) is 0 Å². The predicted molar refractivity (Wildman–Crippen MR) is 140 cm³/mol. The number of nitrogens with one attached hydrogen (secondary N) is 1. The van der Waals surface area contributed by atoms with Gasteiger partial charge in [-0.2, -0.15) is 5.10 Å². The number of aromatic nitrogens is 2. The summed E-state index contributed by atoms with van der Waals surface area (Å²) < 4.78 is 5.64. The number of benzene rings is 1. The molecule has 1 aliphatic heterocycles. The smallest absolute Gasteiger partial charge is 0.108 e. The Hall–Kier alpha value is -2.43. The molecule has 6 heteroatoms. The molecule has 0 amide bonds. The third-order valence-corrected chi connectivity index (χ3v) is 8.70. The number of rotatable bonds is 7. The zero-order valence-corrected chi connectivity index (χ0v) is 21.0. The summed E-state index contributed by atoms with van der Waals surface area (Å²) in [6.07, 6.45) is 6.41. The van der Waals surface area contributed by atoms with E-state index in [9.17, 15) is 0 Å². The van der Waals surface area contributed by atoms with Crippen molar-refractivity contribution in [1.82, 2.24) is 20.0 Å². The van der Waals surface area contributed by atoms with Crippen molar-refractivity contribution >= 4 is 11.3 Å². The highest BCUT2D eigenvalue weighted by Gasteiger charge is 2.31. The van der Waals surface area contributed by atoms with Crippen molar-refractivity contribution < 1.29 is 4.74 Å². The standard InChI is InChI=1S/C29H32N4OS/c1(13-34-18-20-3-4-20)2-25-15-23(19-35-25)28-27-16-22-14-21(5-8-26(22)29(27)31-30-28)17-32-9-11-33(12-10-32)24-6-7-24/h5,8,14-15,19-20,24H,3-4,6-7,9-13,16-18H2,(H,30,31). The van der Waals surface area contributed by atoms with Crippen LogP contribution < -0.4 is 0 Å². The maximum Gasteiger partial charge on any atom is 0.108 e. The number of hydrogen-bond donors (Lipinski definition) is 1. The van der Waals surface area contributed by atoms with Crippen LogP contribution in [0.4, 0.5) is 0 Å². The summed E-state index contributed by atoms with van der Waals surface area (Å²) in [5, 5.41) is 10.2. The molecule has 0 radical (unpaired) electrons. The lowest BCUT2D eigenvalue weighted by atomic mass is 10.0. The van der Waals surface area contributed by atoms with Crippen molar-refractivity contribution in [2.45, 2.75) is 44.7 Å². The molecule has 2 aromatic heterocycles. The van der Waals surface area contributed by atoms with Gasteiger partial charge in [0, 0.05) is 67.3 Å². The monoisotopic (exact) mass is 484 g/mol. The van der Waals surface area contributed by atoms with Crippen LogP contribution in [0, 0.1) is 17.8 Å². The highest BCUT2D eigenvalue weighted by molar-refractivity contribution is 7.11. The van der Waals surface area contributed by atoms with Crippen LogP contribution in [-0.4, -0.2) is 65.4 Å². The number of thiophene rings is 1. The van der Waals surface area contributed by atoms with E-state index >= 15 is 0 Å². The summed E-state index contributed by atoms with van der Waals surface area (Å²) in [6.45, 7) is 7.29. The van der Waals surface area contributed by atoms with Gasteiger partial charge < -0.3 is 4.74 Å². The molecule has 0 unspecified atom stereocenters. The predicted octanol–water partition coefficient (Wildman–Crippen LogP) is 4.77. The third-order valence-electron chi connectivity index (χ3n) is 7.86. The molecule has 0 bridgehead atoms. The molecule has 3 fully saturated rings. The summed E-state index contributed by atoms with van der Waals surface area (Å²) in [4.78, 5) is 6.38. The maximum atomic E-state index is 5.64. The molecule has 7 rings (SSSR count). The van der Waals surface area contributed by atoms with Gasteiger partial charge in [-0.25, -0.2) is 0 Å². The summed E-state index contributed by atoms with van der Waals surface area (Å²) in [7, 11) is 0. The minimum absolute atomic E-state index is 0.523. The van der Waals surface area contributed by atoms with Gasteiger partial charge in [0.15, 0.2) is 0 Å². The topological polar surface area (TPSA) is 44.4 Å². The van der Waals surface area contributed by atoms with Crippen LogP contribution in [0.1, 0.15) is 47.3 Å². The molecular formula is C29H32N4OS. The number of nitrogens with zero attached hydrogens (tertiary/aromatic N) is 3. The van der Waals surface area contributed by atoms with Crippen LogP contribution in [0.15, 0.2) is 29.6 Å². The normalized spacial score (nSPS) is 19.9. The number of piperazine rings is 1. The first-order valence-electron chi connectivity index (χ1n) is 13.1. The van der Waals surface area contributed by atoms with Gasteiger partial charge in [0.1, 0.15) is 6.61 Å². The van der Waals surface area contributed by atoms with Gasteiger partial charge in [0.05, 0.1) is 22.9 Å². The van der Waals surface area contributed by atoms with E-state index in [2.05, 4.69) is 56.4 Å². The first kappa shape index (κ1) is 21.8. The van der Waals surface area contributed by atoms with Gasteiger partial charge in [-0.3, -0.25) is 14.9 Å². The van der Waals surface area contributed by atoms with E-state index in [1.54, 1.807) is 11.3 Å². The van der Waals surface area contributed by atoms with Crippen LogP contribution in [0.25, 0.3) is 22.5 Å². The number of ether oxygens (including phenoxy) is 1. The Bertz CT molecular complexity index is 1280. The van der Waals surface area contributed by atoms with Gasteiger partial charge >= 0.3 is 0 Å². The second-order valence-corrected chi connectivity index (χ2v) is 11.5. The van der Waals surface area contributed by atoms with Gasteiger partial charge in [0.25, 0.3) is 0 Å². The number of hydrogen-bond acceptors (Lipinski definition) is 5. The number of aromatic amines is 1. The Labute approximate surface area is 211 Å². The second-order valence-electron chi connectivity index (χ2n) is 10.6. The highest BCUT2D eigenvalue weighted by Crippen LogP contribution is 2.41. The summed E-state index contributed by atoms with van der Waals surface area (Å²) in [5.74, 6) is 7.21. The Balaban J connectivity index is 1.01. The maximum absolute atomic E-state index is 5.64. The minimum atomic E-state index is 0.523. The fraction of sp³-hybridized carbons (Fsp3) is 0.483. The van der Waals surface area contributed by atoms with Crippen molar-refractivity contribution in [3.8, 4) is 34.4 Å². The van der Waals surface area contributed by atoms with Crippen LogP contribution in [0.3, 0.4) is 0 Å². The number of H-pyrrole nitrogens is 1. The van der Waals surface area contributed by atoms with E-state index in [1.165, 1.54) is 79.8 Å². The quantitative estimate of drug-likeness (QED) is 0.303. The summed E-state index contributed by atoms with van der Waals surface area (Å²) >= 11 is 1.69. The van der Waals surface area contributed by atoms with E-state index in [4.69, 9.17) is 9.84 Å². The number of fused-ring (bicyclic) bond motifs is 3. The van der Waals surface area contributed by atoms with Crippen LogP contribution in [-0.2, 0) is 17.7 Å². The van der Waals surface area contributed by atoms with Crippen molar-refractivity contribution in [1.29, 1.82) is 0 Å². The Morgan fingerprint density at radius 1 is 1.09 bits per heavy atom. The Morgan fingerprint density at radius 3 is 2.80 bits per heavy atom. The molecule has 0 atom stereocenters. The molecule has 0 spiro atoms. The fourth-order valence-corrected chi connectivity index (χ4v) is 6.28. The molecule has 3 heterocycles. The molecule has 35 heavy (non-hydrogen) atoms. The molecule has 1 N–H and O–H groups in total. The lowest BCUT2D eigenvalue weighted by molar-refractivity contribution is 0.121. The van der Waals surface area contributed by atoms with Crippen molar-refractivity contribution in [3.63, 3.8) is 0 Å². The molecule has 1 saturated heterocycles. The van der Waals surface area contributed by atoms with Gasteiger partial charge in [-0.15, -0.1) is 11.3 Å². The summed E-state index contributed by atoms with van der Waals surface area (Å²) in [5.41, 5.74) is 8.91. The third kappa shape index (κ3) is 4.71. The molecular weight excluding hydrogens is 452 g/mol. The Kier molecular flexibility index (Phi) is 5.75. The van der Waals surface area contributed by atoms with Crippen molar-refractivity contribution in [2.24, 2.45) is 5.92 Å². The molecule has 1 aromatic carbocycles. The van der Waals surface area contributed by atoms with E-state index in [1.807, 2.05) is 0 Å². The van der Waals surface area contributed by atoms with Gasteiger partial charge in [-0.1, -0.05) is 30.0 Å². The van der Waals surface area contributed by atoms with E-state index in [0.29, 0.717) is 6.61 Å². The zero-order valence-electron chi connectivity index (χ0n) is 20.2. The molecule has 4 aliphatic rings. The van der Waals surface area contributed by atoms with Crippen LogP contribution in [0.5, 0.6) is 0 Å². The highest BCUT2D eigenvalue weighted by atomic mass is 32.1. The van der Waals surface area contributed by atoms with Crippen LogP contribution in [0.2, 0.25) is 0 Å². The largest absolute Gasteiger partial charge is 0.368 e. The van der Waals surface area contributed by atoms with Crippen molar-refractivity contribution in [3.05, 3.63) is 51.2 Å². The SMILES string of the molecule is C(#Cc1cc(-c2n[nH]c3c2Cc2cc(CN4CCN(C5CC5)CC4)ccc2-3)cs1)COCC1CC1. The minimum Gasteiger partial charge on any atom is -0.368 e. The van der Waals surface area contributed by atoms with Gasteiger partial charge in [0.2, 0.25) is 0 Å². The van der Waals surface area contributed by atoms with Crippen molar-refractivity contribution in [2.75, 3.05) is 39.4 Å². The fourth-order valence-electron chi connectivity index (χ4n) is 5.52. The average Bonchev–Trinajstić information content (AvgIpc) is 3.77. The van der Waals surface area contributed by atoms with E-state index < -0.39 is 0 Å². The zero-order chi connectivity index (χ0) is 23.2. The molecule has 5 nitrogen and oxygen atoms in total. The first-order valence-corrected chi connectivity index (χ1v) is 14.0. The average molecular weight is 485 g/mol. The first-order chi connectivity index (χ1) is 17.3. The molecule has 2 saturated carbocycles.